The van der Waals surface area contributed by atoms with Crippen LogP contribution in [0.4, 0.5) is 0 Å². The number of carbonyl (C=O) groups is 1. The van der Waals surface area contributed by atoms with E-state index in [0.717, 1.165) is 6.42 Å². The number of hydrogen-bond acceptors (Lipinski definition) is 5. The van der Waals surface area contributed by atoms with Crippen LogP contribution in [0.5, 0.6) is 11.5 Å². The molecule has 0 spiro atoms. The smallest absolute Gasteiger partial charge is 0.260 e. The maximum atomic E-state index is 11.9. The van der Waals surface area contributed by atoms with Gasteiger partial charge in [-0.25, -0.2) is 0 Å². The molecule has 0 aliphatic heterocycles. The predicted octanol–water partition coefficient (Wildman–Crippen LogP) is 1.11. The van der Waals surface area contributed by atoms with Crippen LogP contribution in [0, 0.1) is 0 Å². The zero-order valence-electron chi connectivity index (χ0n) is 12.7. The molecule has 6 nitrogen and oxygen atoms in total. The molecule has 6 heteroatoms. The molecule has 1 atom stereocenters. The minimum Gasteiger partial charge on any atom is -0.493 e. The molecule has 21 heavy (non-hydrogen) atoms. The zero-order valence-corrected chi connectivity index (χ0v) is 12.7. The molecule has 1 rings (SSSR count). The van der Waals surface area contributed by atoms with E-state index in [-0.39, 0.29) is 12.5 Å². The average molecular weight is 297 g/mol. The molecule has 1 amide bonds. The van der Waals surface area contributed by atoms with E-state index < -0.39 is 6.10 Å². The van der Waals surface area contributed by atoms with Gasteiger partial charge in [0.05, 0.1) is 13.7 Å². The molecule has 0 aliphatic carbocycles. The van der Waals surface area contributed by atoms with Gasteiger partial charge in [-0.3, -0.25) is 4.79 Å². The molecule has 0 aliphatic rings. The van der Waals surface area contributed by atoms with Gasteiger partial charge in [-0.15, -0.1) is 0 Å². The Bertz CT molecular complexity index is 450. The summed E-state index contributed by atoms with van der Waals surface area (Å²) in [5.74, 6) is 0.748. The third-order valence-electron chi connectivity index (χ3n) is 2.91. The summed E-state index contributed by atoms with van der Waals surface area (Å²) in [6.45, 7) is 2.70. The number of nitrogens with one attached hydrogen (secondary N) is 1. The van der Waals surface area contributed by atoms with E-state index in [4.69, 9.17) is 19.3 Å². The number of hydrogen-bond donors (Lipinski definition) is 2. The second kappa shape index (κ2) is 9.20. The SMILES string of the molecule is COCCCNC(=O)C(C)Oc1cc(CO)ccc1OC. The summed E-state index contributed by atoms with van der Waals surface area (Å²) in [5.41, 5.74) is 0.693. The van der Waals surface area contributed by atoms with Crippen LogP contribution in [0.3, 0.4) is 0 Å². The summed E-state index contributed by atoms with van der Waals surface area (Å²) in [4.78, 5) is 11.9. The lowest BCUT2D eigenvalue weighted by Crippen LogP contribution is -2.37. The second-order valence-corrected chi connectivity index (χ2v) is 4.54. The lowest BCUT2D eigenvalue weighted by atomic mass is 10.2. The molecule has 118 valence electrons. The first-order chi connectivity index (χ1) is 10.1. The molecule has 0 aromatic heterocycles. The van der Waals surface area contributed by atoms with Crippen molar-refractivity contribution in [1.82, 2.24) is 5.32 Å². The van der Waals surface area contributed by atoms with Crippen LogP contribution in [0.15, 0.2) is 18.2 Å². The quantitative estimate of drug-likeness (QED) is 0.668. The first-order valence-corrected chi connectivity index (χ1v) is 6.83. The van der Waals surface area contributed by atoms with E-state index in [1.807, 2.05) is 0 Å². The Morgan fingerprint density at radius 1 is 1.33 bits per heavy atom. The van der Waals surface area contributed by atoms with Gasteiger partial charge < -0.3 is 24.6 Å². The third-order valence-corrected chi connectivity index (χ3v) is 2.91. The van der Waals surface area contributed by atoms with Crippen molar-refractivity contribution < 1.29 is 24.1 Å². The maximum Gasteiger partial charge on any atom is 0.260 e. The van der Waals surface area contributed by atoms with Crippen molar-refractivity contribution in [2.45, 2.75) is 26.1 Å². The van der Waals surface area contributed by atoms with Crippen molar-refractivity contribution in [3.63, 3.8) is 0 Å². The van der Waals surface area contributed by atoms with Crippen molar-refractivity contribution >= 4 is 5.91 Å². The molecule has 0 fully saturated rings. The fourth-order valence-electron chi connectivity index (χ4n) is 1.73. The Balaban J connectivity index is 2.60. The van der Waals surface area contributed by atoms with Gasteiger partial charge in [0.25, 0.3) is 5.91 Å². The minimum absolute atomic E-state index is 0.0993. The summed E-state index contributed by atoms with van der Waals surface area (Å²) in [5, 5.41) is 11.9. The van der Waals surface area contributed by atoms with Crippen molar-refractivity contribution in [3.05, 3.63) is 23.8 Å². The minimum atomic E-state index is -0.657. The Hall–Kier alpha value is -1.79. The average Bonchev–Trinajstić information content (AvgIpc) is 2.51. The van der Waals surface area contributed by atoms with Gasteiger partial charge in [-0.05, 0) is 31.0 Å². The zero-order chi connectivity index (χ0) is 15.7. The van der Waals surface area contributed by atoms with E-state index in [9.17, 15) is 4.79 Å². The number of aliphatic hydroxyl groups is 1. The molecule has 1 aromatic carbocycles. The second-order valence-electron chi connectivity index (χ2n) is 4.54. The first-order valence-electron chi connectivity index (χ1n) is 6.83. The highest BCUT2D eigenvalue weighted by atomic mass is 16.5. The largest absolute Gasteiger partial charge is 0.493 e. The van der Waals surface area contributed by atoms with Crippen LogP contribution in [-0.4, -0.2) is 44.5 Å². The van der Waals surface area contributed by atoms with Crippen LogP contribution in [0.1, 0.15) is 18.9 Å². The molecule has 0 bridgehead atoms. The van der Waals surface area contributed by atoms with Crippen LogP contribution in [0.2, 0.25) is 0 Å². The Morgan fingerprint density at radius 2 is 2.10 bits per heavy atom. The summed E-state index contributed by atoms with van der Waals surface area (Å²) in [6.07, 6.45) is 0.0912. The summed E-state index contributed by atoms with van der Waals surface area (Å²) < 4.78 is 15.7. The Kier molecular flexibility index (Phi) is 7.56. The highest BCUT2D eigenvalue weighted by Gasteiger charge is 2.16. The number of ether oxygens (including phenoxy) is 3. The van der Waals surface area contributed by atoms with E-state index in [2.05, 4.69) is 5.32 Å². The lowest BCUT2D eigenvalue weighted by Gasteiger charge is -2.17. The van der Waals surface area contributed by atoms with E-state index in [1.165, 1.54) is 7.11 Å². The summed E-state index contributed by atoms with van der Waals surface area (Å²) >= 11 is 0. The van der Waals surface area contributed by atoms with Gasteiger partial charge >= 0.3 is 0 Å². The maximum absolute atomic E-state index is 11.9. The molecular formula is C15H23NO5. The standard InChI is InChI=1S/C15H23NO5/c1-11(15(18)16-7-4-8-19-2)21-14-9-12(10-17)5-6-13(14)20-3/h5-6,9,11,17H,4,7-8,10H2,1-3H3,(H,16,18). The van der Waals surface area contributed by atoms with Crippen LogP contribution in [0.25, 0.3) is 0 Å². The Labute approximate surface area is 125 Å². The molecule has 0 heterocycles. The predicted molar refractivity (Wildman–Crippen MR) is 78.5 cm³/mol. The number of methoxy groups -OCH3 is 2. The summed E-state index contributed by atoms with van der Waals surface area (Å²) in [6, 6.07) is 5.10. The number of carbonyl (C=O) groups excluding carboxylic acids is 1. The highest BCUT2D eigenvalue weighted by Crippen LogP contribution is 2.29. The number of aliphatic hydroxyl groups excluding tert-OH is 1. The molecular weight excluding hydrogens is 274 g/mol. The van der Waals surface area contributed by atoms with Crippen LogP contribution in [-0.2, 0) is 16.1 Å². The fourth-order valence-corrected chi connectivity index (χ4v) is 1.73. The lowest BCUT2D eigenvalue weighted by molar-refractivity contribution is -0.127. The Morgan fingerprint density at radius 3 is 2.71 bits per heavy atom. The molecule has 0 radical (unpaired) electrons. The van der Waals surface area contributed by atoms with Crippen LogP contribution >= 0.6 is 0 Å². The van der Waals surface area contributed by atoms with Crippen molar-refractivity contribution in [1.29, 1.82) is 0 Å². The molecule has 2 N–H and O–H groups in total. The van der Waals surface area contributed by atoms with Crippen molar-refractivity contribution in [2.75, 3.05) is 27.4 Å². The van der Waals surface area contributed by atoms with Gasteiger partial charge in [0.15, 0.2) is 17.6 Å². The topological polar surface area (TPSA) is 77.0 Å². The van der Waals surface area contributed by atoms with E-state index in [0.29, 0.717) is 30.2 Å². The number of rotatable bonds is 9. The van der Waals surface area contributed by atoms with Gasteiger partial charge in [0.1, 0.15) is 0 Å². The normalized spacial score (nSPS) is 11.8. The van der Waals surface area contributed by atoms with Gasteiger partial charge in [0.2, 0.25) is 0 Å². The molecule has 1 unspecified atom stereocenters. The number of amides is 1. The number of benzene rings is 1. The summed E-state index contributed by atoms with van der Waals surface area (Å²) in [7, 11) is 3.14. The van der Waals surface area contributed by atoms with E-state index >= 15 is 0 Å². The first kappa shape index (κ1) is 17.3. The molecule has 1 aromatic rings. The van der Waals surface area contributed by atoms with Crippen molar-refractivity contribution in [3.8, 4) is 11.5 Å². The third kappa shape index (κ3) is 5.61. The fraction of sp³-hybridized carbons (Fsp3) is 0.533. The monoisotopic (exact) mass is 297 g/mol. The van der Waals surface area contributed by atoms with Crippen molar-refractivity contribution in [2.24, 2.45) is 0 Å². The van der Waals surface area contributed by atoms with Gasteiger partial charge in [-0.2, -0.15) is 0 Å². The van der Waals surface area contributed by atoms with Gasteiger partial charge in [0, 0.05) is 20.3 Å². The van der Waals surface area contributed by atoms with E-state index in [1.54, 1.807) is 32.2 Å². The molecule has 0 saturated carbocycles. The van der Waals surface area contributed by atoms with Gasteiger partial charge in [-0.1, -0.05) is 6.07 Å². The van der Waals surface area contributed by atoms with Crippen LogP contribution < -0.4 is 14.8 Å². The highest BCUT2D eigenvalue weighted by molar-refractivity contribution is 5.80. The molecule has 0 saturated heterocycles.